The SMILES string of the molecule is CS(=O)(=O)C(=CN)S(C)(=O)=O. The molecule has 0 heterocycles. The zero-order chi connectivity index (χ0) is 9.28. The van der Waals surface area contributed by atoms with Gasteiger partial charge in [-0.05, 0) is 0 Å². The largest absolute Gasteiger partial charge is 0.403 e. The van der Waals surface area contributed by atoms with Crippen LogP contribution in [-0.4, -0.2) is 29.3 Å². The van der Waals surface area contributed by atoms with Crippen molar-refractivity contribution in [2.24, 2.45) is 5.73 Å². The van der Waals surface area contributed by atoms with Crippen molar-refractivity contribution in [3.8, 4) is 0 Å². The molecular weight excluding hydrogens is 190 g/mol. The first-order chi connectivity index (χ1) is 4.69. The van der Waals surface area contributed by atoms with E-state index in [9.17, 15) is 16.8 Å². The van der Waals surface area contributed by atoms with Gasteiger partial charge in [-0.25, -0.2) is 16.8 Å². The van der Waals surface area contributed by atoms with E-state index in [1.165, 1.54) is 0 Å². The van der Waals surface area contributed by atoms with Gasteiger partial charge in [0.1, 0.15) is 0 Å². The monoisotopic (exact) mass is 199 g/mol. The summed E-state index contributed by atoms with van der Waals surface area (Å²) in [4.78, 5) is 0. The number of nitrogens with two attached hydrogens (primary N) is 1. The molecule has 0 saturated heterocycles. The van der Waals surface area contributed by atoms with Gasteiger partial charge in [0.05, 0.1) is 0 Å². The third kappa shape index (κ3) is 2.89. The van der Waals surface area contributed by atoms with Crippen LogP contribution in [0, 0.1) is 0 Å². The van der Waals surface area contributed by atoms with Crippen LogP contribution in [0.1, 0.15) is 0 Å². The molecule has 7 heteroatoms. The molecule has 0 spiro atoms. The molecule has 0 aliphatic rings. The molecule has 0 bridgehead atoms. The van der Waals surface area contributed by atoms with Crippen molar-refractivity contribution in [3.05, 3.63) is 10.4 Å². The molecule has 2 N–H and O–H groups in total. The predicted molar refractivity (Wildman–Crippen MR) is 42.0 cm³/mol. The van der Waals surface area contributed by atoms with Crippen molar-refractivity contribution in [2.75, 3.05) is 12.5 Å². The van der Waals surface area contributed by atoms with E-state index in [4.69, 9.17) is 5.73 Å². The normalized spacial score (nSPS) is 12.5. The van der Waals surface area contributed by atoms with E-state index in [1.54, 1.807) is 0 Å². The molecule has 0 radical (unpaired) electrons. The van der Waals surface area contributed by atoms with Crippen LogP contribution in [0.4, 0.5) is 0 Å². The first kappa shape index (κ1) is 10.4. The van der Waals surface area contributed by atoms with Gasteiger partial charge >= 0.3 is 0 Å². The van der Waals surface area contributed by atoms with Crippen molar-refractivity contribution in [1.29, 1.82) is 0 Å². The Labute approximate surface area is 65.7 Å². The minimum atomic E-state index is -3.72. The van der Waals surface area contributed by atoms with Crippen LogP contribution in [0.2, 0.25) is 0 Å². The molecule has 11 heavy (non-hydrogen) atoms. The molecule has 0 aliphatic heterocycles. The van der Waals surface area contributed by atoms with Gasteiger partial charge in [0.15, 0.2) is 23.9 Å². The Kier molecular flexibility index (Phi) is 2.68. The van der Waals surface area contributed by atoms with E-state index >= 15 is 0 Å². The Morgan fingerprint density at radius 1 is 1.09 bits per heavy atom. The molecule has 66 valence electrons. The van der Waals surface area contributed by atoms with Crippen molar-refractivity contribution < 1.29 is 16.8 Å². The van der Waals surface area contributed by atoms with Crippen molar-refractivity contribution in [3.63, 3.8) is 0 Å². The molecule has 0 atom stereocenters. The number of hydrogen-bond donors (Lipinski definition) is 1. The van der Waals surface area contributed by atoms with Gasteiger partial charge in [-0.3, -0.25) is 0 Å². The molecular formula is C4H9NO4S2. The van der Waals surface area contributed by atoms with Gasteiger partial charge in [-0.2, -0.15) is 0 Å². The summed E-state index contributed by atoms with van der Waals surface area (Å²) in [6.45, 7) is 0. The maximum atomic E-state index is 10.7. The summed E-state index contributed by atoms with van der Waals surface area (Å²) in [5, 5.41) is 0. The Hall–Kier alpha value is -0.560. The minimum Gasteiger partial charge on any atom is -0.403 e. The summed E-state index contributed by atoms with van der Waals surface area (Å²) in [5.41, 5.74) is 4.82. The van der Waals surface area contributed by atoms with E-state index in [-0.39, 0.29) is 0 Å². The van der Waals surface area contributed by atoms with E-state index in [2.05, 4.69) is 0 Å². The highest BCUT2D eigenvalue weighted by molar-refractivity contribution is 8.13. The summed E-state index contributed by atoms with van der Waals surface area (Å²) in [7, 11) is -7.45. The Morgan fingerprint density at radius 2 is 1.36 bits per heavy atom. The summed E-state index contributed by atoms with van der Waals surface area (Å²) >= 11 is 0. The first-order valence-corrected chi connectivity index (χ1v) is 6.30. The third-order valence-corrected chi connectivity index (χ3v) is 4.42. The maximum Gasteiger partial charge on any atom is 0.187 e. The van der Waals surface area contributed by atoms with E-state index in [0.717, 1.165) is 12.5 Å². The fourth-order valence-corrected chi connectivity index (χ4v) is 3.22. The van der Waals surface area contributed by atoms with Crippen molar-refractivity contribution in [1.82, 2.24) is 0 Å². The minimum absolute atomic E-state index is 0.574. The lowest BCUT2D eigenvalue weighted by Gasteiger charge is -1.98. The number of rotatable bonds is 2. The summed E-state index contributed by atoms with van der Waals surface area (Å²) in [6, 6.07) is 0. The molecule has 0 aromatic carbocycles. The Bertz CT molecular complexity index is 327. The fourth-order valence-electron chi connectivity index (χ4n) is 0.522. The summed E-state index contributed by atoms with van der Waals surface area (Å²) < 4.78 is 42.0. The van der Waals surface area contributed by atoms with E-state index < -0.39 is 23.9 Å². The highest BCUT2D eigenvalue weighted by Crippen LogP contribution is 2.09. The van der Waals surface area contributed by atoms with Gasteiger partial charge in [-0.15, -0.1) is 0 Å². The van der Waals surface area contributed by atoms with Crippen molar-refractivity contribution in [2.45, 2.75) is 0 Å². The molecule has 0 unspecified atom stereocenters. The first-order valence-electron chi connectivity index (χ1n) is 2.51. The van der Waals surface area contributed by atoms with Gasteiger partial charge in [0.2, 0.25) is 0 Å². The van der Waals surface area contributed by atoms with Crippen molar-refractivity contribution >= 4 is 19.7 Å². The van der Waals surface area contributed by atoms with Crippen LogP contribution >= 0.6 is 0 Å². The van der Waals surface area contributed by atoms with Gasteiger partial charge < -0.3 is 5.73 Å². The zero-order valence-electron chi connectivity index (χ0n) is 6.10. The summed E-state index contributed by atoms with van der Waals surface area (Å²) in [5.74, 6) is 0. The molecule has 0 saturated carbocycles. The average molecular weight is 199 g/mol. The zero-order valence-corrected chi connectivity index (χ0v) is 7.74. The Morgan fingerprint density at radius 3 is 1.36 bits per heavy atom. The lowest BCUT2D eigenvalue weighted by atomic mass is 11.1. The smallest absolute Gasteiger partial charge is 0.187 e. The maximum absolute atomic E-state index is 10.7. The van der Waals surface area contributed by atoms with E-state index in [1.807, 2.05) is 0 Å². The summed E-state index contributed by atoms with van der Waals surface area (Å²) in [6.07, 6.45) is 2.14. The fraction of sp³-hybridized carbons (Fsp3) is 0.500. The molecule has 0 aliphatic carbocycles. The molecule has 0 aromatic heterocycles. The van der Waals surface area contributed by atoms with Crippen LogP contribution in [0.15, 0.2) is 10.4 Å². The van der Waals surface area contributed by atoms with Gasteiger partial charge in [-0.1, -0.05) is 0 Å². The molecule has 0 aromatic rings. The van der Waals surface area contributed by atoms with E-state index in [0.29, 0.717) is 6.20 Å². The molecule has 0 rings (SSSR count). The lowest BCUT2D eigenvalue weighted by Crippen LogP contribution is -2.12. The molecule has 5 nitrogen and oxygen atoms in total. The predicted octanol–water partition coefficient (Wildman–Crippen LogP) is -1.17. The Balaban J connectivity index is 5.44. The molecule has 0 amide bonds. The second-order valence-electron chi connectivity index (χ2n) is 2.03. The van der Waals surface area contributed by atoms with Crippen LogP contribution in [0.25, 0.3) is 0 Å². The third-order valence-electron chi connectivity index (χ3n) is 0.867. The second kappa shape index (κ2) is 2.82. The number of sulfone groups is 2. The molecule has 0 fully saturated rings. The highest BCUT2D eigenvalue weighted by atomic mass is 32.3. The number of hydrogen-bond acceptors (Lipinski definition) is 5. The second-order valence-corrected chi connectivity index (χ2v) is 6.26. The highest BCUT2D eigenvalue weighted by Gasteiger charge is 2.21. The van der Waals surface area contributed by atoms with Crippen LogP contribution in [0.3, 0.4) is 0 Å². The lowest BCUT2D eigenvalue weighted by molar-refractivity contribution is 0.601. The van der Waals surface area contributed by atoms with Gasteiger partial charge in [0, 0.05) is 18.7 Å². The topological polar surface area (TPSA) is 94.3 Å². The average Bonchev–Trinajstić information content (AvgIpc) is 1.56. The standard InChI is InChI=1S/C4H9NO4S2/c1-10(6,7)4(3-5)11(2,8)9/h3H,5H2,1-2H3. The van der Waals surface area contributed by atoms with Crippen LogP contribution < -0.4 is 5.73 Å². The van der Waals surface area contributed by atoms with Gasteiger partial charge in [0.25, 0.3) is 0 Å². The quantitative estimate of drug-likeness (QED) is 0.605. The van der Waals surface area contributed by atoms with Crippen LogP contribution in [0.5, 0.6) is 0 Å². The van der Waals surface area contributed by atoms with Crippen LogP contribution in [-0.2, 0) is 19.7 Å².